The molecule has 0 aliphatic carbocycles. The van der Waals surface area contributed by atoms with Crippen molar-refractivity contribution in [3.05, 3.63) is 50.9 Å². The number of aromatic nitrogens is 2. The molecule has 1 aromatic carbocycles. The van der Waals surface area contributed by atoms with Crippen molar-refractivity contribution >= 4 is 23.1 Å². The summed E-state index contributed by atoms with van der Waals surface area (Å²) in [5.74, 6) is 0. The Labute approximate surface area is 112 Å². The van der Waals surface area contributed by atoms with Gasteiger partial charge in [-0.15, -0.1) is 0 Å². The van der Waals surface area contributed by atoms with Gasteiger partial charge in [0.1, 0.15) is 0 Å². The smallest absolute Gasteiger partial charge is 0.272 e. The standard InChI is InChI=1S/C11H10N4O3S/c1-12-7-4-8(15(17)18)6-9(5-7)19-11-13-3-2-10(16)14-11/h2-6,12H,1H3,(H,13,14,16). The minimum atomic E-state index is -0.466. The third kappa shape index (κ3) is 3.32. The molecule has 2 rings (SSSR count). The van der Waals surface area contributed by atoms with Crippen molar-refractivity contribution < 1.29 is 4.92 Å². The first kappa shape index (κ1) is 13.1. The lowest BCUT2D eigenvalue weighted by Crippen LogP contribution is -2.05. The van der Waals surface area contributed by atoms with Gasteiger partial charge >= 0.3 is 0 Å². The van der Waals surface area contributed by atoms with E-state index >= 15 is 0 Å². The van der Waals surface area contributed by atoms with Crippen molar-refractivity contribution in [1.82, 2.24) is 9.97 Å². The molecule has 98 valence electrons. The van der Waals surface area contributed by atoms with Crippen LogP contribution >= 0.6 is 11.8 Å². The second-order valence-corrected chi connectivity index (χ2v) is 4.63. The van der Waals surface area contributed by atoms with Crippen LogP contribution in [-0.4, -0.2) is 21.9 Å². The molecule has 1 aromatic heterocycles. The number of H-pyrrole nitrogens is 1. The molecule has 7 nitrogen and oxygen atoms in total. The highest BCUT2D eigenvalue weighted by atomic mass is 32.2. The number of nitrogens with one attached hydrogen (secondary N) is 2. The minimum Gasteiger partial charge on any atom is -0.388 e. The second kappa shape index (κ2) is 5.53. The minimum absolute atomic E-state index is 0.0207. The van der Waals surface area contributed by atoms with Crippen molar-refractivity contribution in [3.63, 3.8) is 0 Å². The number of nitrogens with zero attached hydrogens (tertiary/aromatic N) is 2. The second-order valence-electron chi connectivity index (χ2n) is 3.56. The summed E-state index contributed by atoms with van der Waals surface area (Å²) in [6, 6.07) is 5.91. The molecule has 19 heavy (non-hydrogen) atoms. The maximum absolute atomic E-state index is 11.1. The predicted molar refractivity (Wildman–Crippen MR) is 71.6 cm³/mol. The molecule has 2 aromatic rings. The Kier molecular flexibility index (Phi) is 3.81. The fourth-order valence-corrected chi connectivity index (χ4v) is 2.26. The van der Waals surface area contributed by atoms with Crippen molar-refractivity contribution in [1.29, 1.82) is 0 Å². The SMILES string of the molecule is CNc1cc(Sc2nccc(=O)[nH]2)cc([N+](=O)[O-])c1. The van der Waals surface area contributed by atoms with Gasteiger partial charge in [0, 0.05) is 42.0 Å². The van der Waals surface area contributed by atoms with E-state index in [-0.39, 0.29) is 11.2 Å². The molecule has 0 bridgehead atoms. The van der Waals surface area contributed by atoms with E-state index in [4.69, 9.17) is 0 Å². The highest BCUT2D eigenvalue weighted by molar-refractivity contribution is 7.99. The zero-order chi connectivity index (χ0) is 13.8. The quantitative estimate of drug-likeness (QED) is 0.503. The molecular weight excluding hydrogens is 268 g/mol. The number of anilines is 1. The van der Waals surface area contributed by atoms with Crippen LogP contribution in [-0.2, 0) is 0 Å². The largest absolute Gasteiger partial charge is 0.388 e. The molecule has 0 atom stereocenters. The molecule has 0 radical (unpaired) electrons. The van der Waals surface area contributed by atoms with Crippen molar-refractivity contribution in [2.45, 2.75) is 10.1 Å². The number of non-ortho nitro benzene ring substituents is 1. The fourth-order valence-electron chi connectivity index (χ4n) is 1.41. The first-order valence-corrected chi connectivity index (χ1v) is 6.10. The topological polar surface area (TPSA) is 101 Å². The van der Waals surface area contributed by atoms with E-state index in [9.17, 15) is 14.9 Å². The highest BCUT2D eigenvalue weighted by Crippen LogP contribution is 2.30. The summed E-state index contributed by atoms with van der Waals surface area (Å²) in [6.45, 7) is 0. The molecule has 0 amide bonds. The molecule has 8 heteroatoms. The Morgan fingerprint density at radius 2 is 2.21 bits per heavy atom. The highest BCUT2D eigenvalue weighted by Gasteiger charge is 2.10. The van der Waals surface area contributed by atoms with Crippen LogP contribution in [0, 0.1) is 10.1 Å². The predicted octanol–water partition coefficient (Wildman–Crippen LogP) is 1.87. The van der Waals surface area contributed by atoms with E-state index < -0.39 is 4.92 Å². The molecule has 0 aliphatic heterocycles. The number of nitro groups is 1. The van der Waals surface area contributed by atoms with Crippen LogP contribution in [0.15, 0.2) is 45.3 Å². The number of benzene rings is 1. The van der Waals surface area contributed by atoms with Crippen molar-refractivity contribution in [2.24, 2.45) is 0 Å². The fraction of sp³-hybridized carbons (Fsp3) is 0.0909. The number of rotatable bonds is 4. The summed E-state index contributed by atoms with van der Waals surface area (Å²) in [7, 11) is 1.68. The molecule has 1 heterocycles. The van der Waals surface area contributed by atoms with Crippen LogP contribution < -0.4 is 10.9 Å². The molecule has 0 unspecified atom stereocenters. The zero-order valence-electron chi connectivity index (χ0n) is 9.91. The molecule has 0 spiro atoms. The lowest BCUT2D eigenvalue weighted by atomic mass is 10.3. The van der Waals surface area contributed by atoms with Crippen molar-refractivity contribution in [2.75, 3.05) is 12.4 Å². The molecule has 2 N–H and O–H groups in total. The van der Waals surface area contributed by atoms with Crippen LogP contribution in [0.4, 0.5) is 11.4 Å². The van der Waals surface area contributed by atoms with Crippen LogP contribution in [0.25, 0.3) is 0 Å². The Balaban J connectivity index is 2.36. The summed E-state index contributed by atoms with van der Waals surface area (Å²) in [6.07, 6.45) is 1.39. The third-order valence-electron chi connectivity index (χ3n) is 2.25. The van der Waals surface area contributed by atoms with Gasteiger partial charge in [-0.1, -0.05) is 11.8 Å². The van der Waals surface area contributed by atoms with E-state index in [1.54, 1.807) is 13.1 Å². The van der Waals surface area contributed by atoms with E-state index in [2.05, 4.69) is 15.3 Å². The maximum Gasteiger partial charge on any atom is 0.272 e. The molecule has 0 saturated heterocycles. The van der Waals surface area contributed by atoms with Gasteiger partial charge in [-0.05, 0) is 6.07 Å². The van der Waals surface area contributed by atoms with E-state index in [1.165, 1.54) is 24.4 Å². The van der Waals surface area contributed by atoms with Crippen LogP contribution in [0.5, 0.6) is 0 Å². The lowest BCUT2D eigenvalue weighted by Gasteiger charge is -2.04. The summed E-state index contributed by atoms with van der Waals surface area (Å²) < 4.78 is 0. The van der Waals surface area contributed by atoms with E-state index in [1.807, 2.05) is 0 Å². The third-order valence-corrected chi connectivity index (χ3v) is 3.13. The van der Waals surface area contributed by atoms with Crippen LogP contribution in [0.3, 0.4) is 0 Å². The van der Waals surface area contributed by atoms with Gasteiger partial charge in [0.2, 0.25) is 0 Å². The van der Waals surface area contributed by atoms with Gasteiger partial charge < -0.3 is 10.3 Å². The summed E-state index contributed by atoms with van der Waals surface area (Å²) >= 11 is 1.15. The van der Waals surface area contributed by atoms with Gasteiger partial charge in [-0.3, -0.25) is 14.9 Å². The Bertz CT molecular complexity index is 671. The molecule has 0 aliphatic rings. The van der Waals surface area contributed by atoms with Gasteiger partial charge in [-0.2, -0.15) is 0 Å². The van der Waals surface area contributed by atoms with Crippen LogP contribution in [0.1, 0.15) is 0 Å². The first-order valence-electron chi connectivity index (χ1n) is 5.29. The molecule has 0 saturated carbocycles. The number of aromatic amines is 1. The van der Waals surface area contributed by atoms with Gasteiger partial charge in [0.15, 0.2) is 5.16 Å². The molecule has 0 fully saturated rings. The normalized spacial score (nSPS) is 10.2. The first-order chi connectivity index (χ1) is 9.08. The lowest BCUT2D eigenvalue weighted by molar-refractivity contribution is -0.385. The zero-order valence-corrected chi connectivity index (χ0v) is 10.7. The molecular formula is C11H10N4O3S. The van der Waals surface area contributed by atoms with E-state index in [0.717, 1.165) is 11.8 Å². The summed E-state index contributed by atoms with van der Waals surface area (Å²) in [5, 5.41) is 14.1. The van der Waals surface area contributed by atoms with Gasteiger partial charge in [0.05, 0.1) is 4.92 Å². The average molecular weight is 278 g/mol. The number of nitro benzene ring substituents is 1. The number of hydrogen-bond donors (Lipinski definition) is 2. The summed E-state index contributed by atoms with van der Waals surface area (Å²) in [4.78, 5) is 28.7. The monoisotopic (exact) mass is 278 g/mol. The van der Waals surface area contributed by atoms with Gasteiger partial charge in [-0.25, -0.2) is 4.98 Å². The van der Waals surface area contributed by atoms with Crippen LogP contribution in [0.2, 0.25) is 0 Å². The Hall–Kier alpha value is -2.35. The summed E-state index contributed by atoms with van der Waals surface area (Å²) in [5.41, 5.74) is 0.333. The Morgan fingerprint density at radius 3 is 2.84 bits per heavy atom. The van der Waals surface area contributed by atoms with Gasteiger partial charge in [0.25, 0.3) is 11.2 Å². The van der Waals surface area contributed by atoms with E-state index in [0.29, 0.717) is 15.7 Å². The number of hydrogen-bond acceptors (Lipinski definition) is 6. The van der Waals surface area contributed by atoms with Crippen molar-refractivity contribution in [3.8, 4) is 0 Å². The Morgan fingerprint density at radius 1 is 1.42 bits per heavy atom. The maximum atomic E-state index is 11.1. The average Bonchev–Trinajstić information content (AvgIpc) is 2.38.